The summed E-state index contributed by atoms with van der Waals surface area (Å²) < 4.78 is 45.3. The Morgan fingerprint density at radius 3 is 2.35 bits per heavy atom. The number of anilines is 1. The number of carbonyl (C=O) groups is 4. The summed E-state index contributed by atoms with van der Waals surface area (Å²) in [4.78, 5) is 59.5. The second kappa shape index (κ2) is 11.5. The number of aromatic hydroxyl groups is 1. The van der Waals surface area contributed by atoms with Crippen LogP contribution in [0, 0.1) is 23.7 Å². The molecule has 1 aromatic heterocycles. The number of nitrogens with zero attached hydrogens (tertiary/aromatic N) is 3. The summed E-state index contributed by atoms with van der Waals surface area (Å²) >= 11 is 12.4. The van der Waals surface area contributed by atoms with Gasteiger partial charge in [0.2, 0.25) is 0 Å². The lowest BCUT2D eigenvalue weighted by Gasteiger charge is -2.50. The van der Waals surface area contributed by atoms with Gasteiger partial charge in [-0.1, -0.05) is 53.1 Å². The van der Waals surface area contributed by atoms with Crippen molar-refractivity contribution in [1.29, 1.82) is 0 Å². The first kappa shape index (κ1) is 32.9. The number of hydrogen-bond donors (Lipinski definition) is 3. The second-order valence-corrected chi connectivity index (χ2v) is 13.2. The molecular formula is C33H25Cl2F3N4O7. The number of phenols is 1. The molecule has 1 saturated carbocycles. The van der Waals surface area contributed by atoms with Gasteiger partial charge in [0.05, 0.1) is 40.9 Å². The largest absolute Gasteiger partial charge is 0.504 e. The van der Waals surface area contributed by atoms with E-state index in [0.29, 0.717) is 39.0 Å². The minimum Gasteiger partial charge on any atom is -0.504 e. The predicted molar refractivity (Wildman–Crippen MR) is 165 cm³/mol. The van der Waals surface area contributed by atoms with Crippen LogP contribution in [0.1, 0.15) is 35.4 Å². The van der Waals surface area contributed by atoms with Gasteiger partial charge >= 0.3 is 6.18 Å². The highest BCUT2D eigenvalue weighted by molar-refractivity contribution is 6.33. The molecule has 254 valence electrons. The van der Waals surface area contributed by atoms with Gasteiger partial charge in [-0.05, 0) is 60.2 Å². The normalized spacial score (nSPS) is 27.9. The van der Waals surface area contributed by atoms with Crippen LogP contribution in [0.3, 0.4) is 0 Å². The smallest absolute Gasteiger partial charge is 0.417 e. The van der Waals surface area contributed by atoms with Gasteiger partial charge in [-0.25, -0.2) is 4.98 Å². The zero-order valence-electron chi connectivity index (χ0n) is 25.2. The molecule has 3 aromatic rings. The van der Waals surface area contributed by atoms with E-state index in [1.807, 2.05) is 0 Å². The number of aromatic nitrogens is 1. The Kier molecular flexibility index (Phi) is 7.69. The quantitative estimate of drug-likeness (QED) is 0.177. The van der Waals surface area contributed by atoms with Gasteiger partial charge in [0, 0.05) is 17.1 Å². The lowest BCUT2D eigenvalue weighted by atomic mass is 9.49. The Hall–Kier alpha value is -4.66. The van der Waals surface area contributed by atoms with Crippen molar-refractivity contribution in [2.24, 2.45) is 23.7 Å². The molecular weight excluding hydrogens is 692 g/mol. The van der Waals surface area contributed by atoms with Crippen LogP contribution >= 0.6 is 23.2 Å². The van der Waals surface area contributed by atoms with E-state index >= 15 is 4.79 Å². The van der Waals surface area contributed by atoms with Crippen molar-refractivity contribution in [3.05, 3.63) is 93.1 Å². The summed E-state index contributed by atoms with van der Waals surface area (Å²) in [7, 11) is 1.35. The molecule has 0 unspecified atom stereocenters. The zero-order chi connectivity index (χ0) is 35.2. The Bertz CT molecular complexity index is 1970. The lowest BCUT2D eigenvalue weighted by Crippen LogP contribution is -2.53. The van der Waals surface area contributed by atoms with Crippen molar-refractivity contribution in [2.45, 2.75) is 30.4 Å². The van der Waals surface area contributed by atoms with Crippen molar-refractivity contribution < 1.29 is 47.4 Å². The summed E-state index contributed by atoms with van der Waals surface area (Å²) in [6.45, 7) is 0. The molecule has 16 heteroatoms. The molecule has 6 atom stereocenters. The first-order valence-corrected chi connectivity index (χ1v) is 15.7. The van der Waals surface area contributed by atoms with E-state index < -0.39 is 81.2 Å². The van der Waals surface area contributed by atoms with Gasteiger partial charge in [0.15, 0.2) is 17.3 Å². The molecule has 0 radical (unpaired) electrons. The number of methoxy groups -OCH3 is 1. The van der Waals surface area contributed by atoms with Crippen LogP contribution in [-0.4, -0.2) is 56.1 Å². The van der Waals surface area contributed by atoms with E-state index in [1.165, 1.54) is 31.4 Å². The topological polar surface area (TPSA) is 149 Å². The zero-order valence-corrected chi connectivity index (χ0v) is 26.8. The van der Waals surface area contributed by atoms with E-state index in [2.05, 4.69) is 10.4 Å². The first-order valence-electron chi connectivity index (χ1n) is 15.0. The Balaban J connectivity index is 1.45. The second-order valence-electron chi connectivity index (χ2n) is 12.3. The maximum atomic E-state index is 15.0. The van der Waals surface area contributed by atoms with Gasteiger partial charge in [-0.3, -0.25) is 29.8 Å². The average molecular weight is 717 g/mol. The number of carbonyl (C=O) groups excluding carboxylic acids is 4. The van der Waals surface area contributed by atoms with Crippen molar-refractivity contribution in [1.82, 2.24) is 15.1 Å². The fraction of sp³-hybridized carbons (Fsp3) is 0.303. The summed E-state index contributed by atoms with van der Waals surface area (Å²) in [6, 6.07) is 11.3. The lowest BCUT2D eigenvalue weighted by molar-refractivity contribution is -0.173. The number of hydrazine groups is 1. The van der Waals surface area contributed by atoms with Crippen LogP contribution in [0.5, 0.6) is 11.5 Å². The Labute approximate surface area is 285 Å². The molecule has 11 nitrogen and oxygen atoms in total. The third-order valence-corrected chi connectivity index (χ3v) is 10.6. The molecule has 3 N–H and O–H groups in total. The van der Waals surface area contributed by atoms with Gasteiger partial charge in [-0.2, -0.15) is 23.2 Å². The summed E-state index contributed by atoms with van der Waals surface area (Å²) in [5.41, 5.74) is 0.844. The molecule has 2 saturated heterocycles. The van der Waals surface area contributed by atoms with E-state index in [-0.39, 0.29) is 29.4 Å². The minimum absolute atomic E-state index is 0.0489. The SMILES string of the molecule is COc1ccc([C@H]2C3=CC[C@@H]4C(=O)N(O)C(=O)[C@@H]4[C@@H]3C[C@H]3C(=O)N(Nc4ncc(C(F)(F)F)cc4Cl)C(=O)[C@@]23c2ccc(Cl)cc2)cc1O. The number of nitrogens with one attached hydrogen (secondary N) is 1. The predicted octanol–water partition coefficient (Wildman–Crippen LogP) is 5.50. The number of allylic oxidation sites excluding steroid dienone is 2. The average Bonchev–Trinajstić information content (AvgIpc) is 3.41. The van der Waals surface area contributed by atoms with E-state index in [1.54, 1.807) is 24.3 Å². The monoisotopic (exact) mass is 716 g/mol. The molecule has 49 heavy (non-hydrogen) atoms. The number of amides is 4. The summed E-state index contributed by atoms with van der Waals surface area (Å²) in [5, 5.41) is 21.8. The van der Waals surface area contributed by atoms with Crippen LogP contribution in [0.25, 0.3) is 0 Å². The van der Waals surface area contributed by atoms with Crippen molar-refractivity contribution in [3.8, 4) is 11.5 Å². The molecule has 2 aliphatic heterocycles. The molecule has 4 aliphatic rings. The molecule has 7 rings (SSSR count). The Morgan fingerprint density at radius 2 is 1.71 bits per heavy atom. The fourth-order valence-corrected chi connectivity index (χ4v) is 8.36. The highest BCUT2D eigenvalue weighted by atomic mass is 35.5. The van der Waals surface area contributed by atoms with Crippen LogP contribution in [-0.2, 0) is 30.8 Å². The van der Waals surface area contributed by atoms with Gasteiger partial charge in [0.25, 0.3) is 23.6 Å². The standard InChI is InChI=1S/C33H25Cl2F3N4O7/c1-49-24-9-2-14(10-23(24)43)26-18-7-8-19-25(30(46)42(48)28(19)44)20(18)12-21-29(45)41(31(47)32(21,26)15-3-5-17(34)6-4-15)40-27-22(35)11-16(13-39-27)33(36,37)38/h2-7,9-11,13,19-21,25-26,43,48H,8,12H2,1H3,(H,39,40)/t19-,20+,21-,25-,26-,32+/m0/s1. The van der Waals surface area contributed by atoms with Crippen LogP contribution in [0.4, 0.5) is 19.0 Å². The molecule has 0 bridgehead atoms. The molecule has 3 heterocycles. The first-order chi connectivity index (χ1) is 23.2. The highest BCUT2D eigenvalue weighted by Crippen LogP contribution is 2.64. The maximum Gasteiger partial charge on any atom is 0.417 e. The third kappa shape index (κ3) is 4.79. The highest BCUT2D eigenvalue weighted by Gasteiger charge is 2.70. The number of benzene rings is 2. The van der Waals surface area contributed by atoms with Crippen LogP contribution < -0.4 is 10.2 Å². The van der Waals surface area contributed by atoms with Crippen LogP contribution in [0.2, 0.25) is 10.0 Å². The van der Waals surface area contributed by atoms with Crippen molar-refractivity contribution >= 4 is 52.6 Å². The molecule has 0 spiro atoms. The van der Waals surface area contributed by atoms with Crippen molar-refractivity contribution in [2.75, 3.05) is 12.5 Å². The van der Waals surface area contributed by atoms with Crippen LogP contribution in [0.15, 0.2) is 66.4 Å². The number of rotatable bonds is 5. The number of pyridine rings is 1. The number of ether oxygens (including phenoxy) is 1. The molecule has 2 aliphatic carbocycles. The van der Waals surface area contributed by atoms with Gasteiger partial charge in [-0.15, -0.1) is 0 Å². The Morgan fingerprint density at radius 1 is 1.00 bits per heavy atom. The van der Waals surface area contributed by atoms with E-state index in [9.17, 15) is 37.9 Å². The van der Waals surface area contributed by atoms with Gasteiger partial charge in [0.1, 0.15) is 0 Å². The summed E-state index contributed by atoms with van der Waals surface area (Å²) in [5.74, 6) is -8.85. The maximum absolute atomic E-state index is 15.0. The van der Waals surface area contributed by atoms with Crippen molar-refractivity contribution in [3.63, 3.8) is 0 Å². The molecule has 3 fully saturated rings. The van der Waals surface area contributed by atoms with Gasteiger partial charge < -0.3 is 9.84 Å². The van der Waals surface area contributed by atoms with E-state index in [0.717, 1.165) is 0 Å². The minimum atomic E-state index is -4.76. The number of fused-ring (bicyclic) bond motifs is 4. The number of phenolic OH excluding ortho intramolecular Hbond substituents is 1. The number of imide groups is 2. The number of hydroxylamine groups is 2. The number of alkyl halides is 3. The summed E-state index contributed by atoms with van der Waals surface area (Å²) in [6.07, 6.45) is -2.60. The molecule has 4 amide bonds. The fourth-order valence-electron chi connectivity index (χ4n) is 8.03. The third-order valence-electron chi connectivity index (χ3n) is 10.1. The number of halogens is 5. The number of hydrogen-bond acceptors (Lipinski definition) is 9. The van der Waals surface area contributed by atoms with E-state index in [4.69, 9.17) is 27.9 Å². The molecule has 2 aromatic carbocycles.